The molecule has 0 aliphatic carbocycles. The molecule has 0 unspecified atom stereocenters. The molecule has 2 bridgehead atoms. The van der Waals surface area contributed by atoms with Gasteiger partial charge in [-0.15, -0.1) is 0 Å². The highest BCUT2D eigenvalue weighted by Gasteiger charge is 2.37. The second-order valence-electron chi connectivity index (χ2n) is 14.9. The average Bonchev–Trinajstić information content (AvgIpc) is 3.72. The number of carbonyl (C=O) groups excluding carboxylic acids is 2. The van der Waals surface area contributed by atoms with Gasteiger partial charge in [-0.1, -0.05) is 65.8 Å². The zero-order valence-electron chi connectivity index (χ0n) is 32.2. The number of nitrogens with one attached hydrogen (secondary N) is 3. The lowest BCUT2D eigenvalue weighted by Crippen LogP contribution is -2.52. The summed E-state index contributed by atoms with van der Waals surface area (Å²) in [6, 6.07) is 31.5. The van der Waals surface area contributed by atoms with E-state index in [1.165, 1.54) is 12.1 Å². The number of amides is 1. The number of phenolic OH excluding ortho intramolecular Hbond substituents is 1. The lowest BCUT2D eigenvalue weighted by molar-refractivity contribution is -0.0336. The van der Waals surface area contributed by atoms with Crippen LogP contribution in [0.2, 0.25) is 0 Å². The number of aromatic hydroxyl groups is 1. The Morgan fingerprint density at radius 3 is 2.49 bits per heavy atom. The molecule has 14 nitrogen and oxygen atoms in total. The van der Waals surface area contributed by atoms with Crippen LogP contribution in [0.5, 0.6) is 11.5 Å². The minimum Gasteiger partial charge on any atom is -0.506 e. The number of phenols is 1. The molecule has 304 valence electrons. The number of fused-ring (bicyclic) bond motifs is 4. The molecule has 0 spiro atoms. The second kappa shape index (κ2) is 18.0. The van der Waals surface area contributed by atoms with Crippen LogP contribution in [0.15, 0.2) is 119 Å². The van der Waals surface area contributed by atoms with Crippen LogP contribution in [0.3, 0.4) is 0 Å². The topological polar surface area (TPSA) is 188 Å². The van der Waals surface area contributed by atoms with Gasteiger partial charge < -0.3 is 44.6 Å². The molecule has 3 saturated heterocycles. The van der Waals surface area contributed by atoms with Gasteiger partial charge >= 0.3 is 12.1 Å². The fraction of sp³-hybridized carbons (Fsp3) is 0.289. The van der Waals surface area contributed by atoms with E-state index in [2.05, 4.69) is 25.7 Å². The predicted octanol–water partition coefficient (Wildman–Crippen LogP) is 5.89. The van der Waals surface area contributed by atoms with E-state index < -0.39 is 24.2 Å². The Bertz CT molecular complexity index is 2440. The molecule has 5 heterocycles. The number of alkyl carbamates (subject to hydrolysis) is 1. The Morgan fingerprint density at radius 2 is 1.71 bits per heavy atom. The average molecular weight is 800 g/mol. The molecule has 5 N–H and O–H groups in total. The van der Waals surface area contributed by atoms with Crippen LogP contribution < -0.4 is 20.9 Å². The number of hydrogen-bond donors (Lipinski definition) is 5. The molecule has 1 amide bonds. The SMILES string of the molecule is O=C(N[C@@H](c1ccccc1)c1cccc(OCc2ccc(C(=O)OCc3cc(CNC[C@H](O)c4ccc(O)c5[nH]c(=O)ccc45)on3)cc2)c1)O[C@H]1CN2CCC1CC2. The normalized spacial score (nSPS) is 18.2. The fourth-order valence-electron chi connectivity index (χ4n) is 7.75. The molecule has 3 aliphatic heterocycles. The van der Waals surface area contributed by atoms with Crippen molar-refractivity contribution >= 4 is 23.0 Å². The molecule has 4 aromatic carbocycles. The molecule has 0 radical (unpaired) electrons. The van der Waals surface area contributed by atoms with Gasteiger partial charge in [0, 0.05) is 30.6 Å². The zero-order chi connectivity index (χ0) is 40.7. The van der Waals surface area contributed by atoms with Gasteiger partial charge in [-0.25, -0.2) is 9.59 Å². The first-order valence-corrected chi connectivity index (χ1v) is 19.7. The van der Waals surface area contributed by atoms with Crippen molar-refractivity contribution in [3.8, 4) is 11.5 Å². The smallest absolute Gasteiger partial charge is 0.408 e. The van der Waals surface area contributed by atoms with Crippen molar-refractivity contribution in [2.24, 2.45) is 5.92 Å². The summed E-state index contributed by atoms with van der Waals surface area (Å²) < 4.78 is 22.9. The van der Waals surface area contributed by atoms with Crippen molar-refractivity contribution in [2.45, 2.75) is 50.8 Å². The van der Waals surface area contributed by atoms with E-state index in [0.717, 1.165) is 49.2 Å². The zero-order valence-corrected chi connectivity index (χ0v) is 32.2. The van der Waals surface area contributed by atoms with Crippen molar-refractivity contribution in [3.63, 3.8) is 0 Å². The molecule has 14 heteroatoms. The molecule has 2 aromatic heterocycles. The van der Waals surface area contributed by atoms with Crippen molar-refractivity contribution in [3.05, 3.63) is 159 Å². The van der Waals surface area contributed by atoms with Crippen molar-refractivity contribution in [2.75, 3.05) is 26.2 Å². The molecule has 6 aromatic rings. The summed E-state index contributed by atoms with van der Waals surface area (Å²) in [6.07, 6.45) is 0.650. The molecule has 0 saturated carbocycles. The third-order valence-corrected chi connectivity index (χ3v) is 10.9. The highest BCUT2D eigenvalue weighted by atomic mass is 16.6. The maximum absolute atomic E-state index is 13.2. The van der Waals surface area contributed by atoms with Gasteiger partial charge in [-0.3, -0.25) is 9.69 Å². The number of aromatic nitrogens is 2. The first kappa shape index (κ1) is 39.4. The van der Waals surface area contributed by atoms with E-state index in [1.54, 1.807) is 42.5 Å². The lowest BCUT2D eigenvalue weighted by atomic mass is 9.86. The number of aliphatic hydroxyl groups is 1. The summed E-state index contributed by atoms with van der Waals surface area (Å²) in [5.74, 6) is 0.909. The number of hydrogen-bond acceptors (Lipinski definition) is 12. The molecule has 3 atom stereocenters. The standard InChI is InChI=1S/C45H45N5O9/c51-38-15-13-36(37-14-16-41(53)47-43(37)38)39(52)24-46-23-35-22-33(49-59-35)27-57-44(54)31-11-9-28(10-12-31)26-56-34-8-4-7-32(21-34)42(30-5-2-1-3-6-30)48-45(55)58-40-25-50-19-17-29(40)18-20-50/h1-16,21-22,29,39-40,42,46,51-52H,17-20,23-27H2,(H,47,53)(H,48,55)/t39-,40-,42-/m0/s1. The van der Waals surface area contributed by atoms with Gasteiger partial charge in [0.25, 0.3) is 0 Å². The van der Waals surface area contributed by atoms with Crippen molar-refractivity contribution < 1.29 is 38.5 Å². The number of carbonyl (C=O) groups is 2. The molecule has 9 rings (SSSR count). The Balaban J connectivity index is 0.806. The van der Waals surface area contributed by atoms with Crippen LogP contribution in [0.1, 0.15) is 69.1 Å². The van der Waals surface area contributed by atoms with Crippen molar-refractivity contribution in [1.29, 1.82) is 0 Å². The van der Waals surface area contributed by atoms with Crippen LogP contribution in [0.25, 0.3) is 10.9 Å². The molecule has 3 aliphatic rings. The number of ether oxygens (including phenoxy) is 3. The Kier molecular flexibility index (Phi) is 12.0. The number of piperidine rings is 3. The third-order valence-electron chi connectivity index (χ3n) is 10.9. The fourth-order valence-corrected chi connectivity index (χ4v) is 7.75. The van der Waals surface area contributed by atoms with Crippen LogP contribution in [0, 0.1) is 5.92 Å². The van der Waals surface area contributed by atoms with Gasteiger partial charge in [0.05, 0.1) is 29.8 Å². The maximum Gasteiger partial charge on any atom is 0.408 e. The van der Waals surface area contributed by atoms with Crippen LogP contribution in [0.4, 0.5) is 4.79 Å². The lowest BCUT2D eigenvalue weighted by Gasteiger charge is -2.43. The quantitative estimate of drug-likeness (QED) is 0.0777. The monoisotopic (exact) mass is 799 g/mol. The van der Waals surface area contributed by atoms with Gasteiger partial charge in [-0.2, -0.15) is 0 Å². The summed E-state index contributed by atoms with van der Waals surface area (Å²) in [4.78, 5) is 42.7. The van der Waals surface area contributed by atoms with E-state index >= 15 is 0 Å². The largest absolute Gasteiger partial charge is 0.506 e. The first-order valence-electron chi connectivity index (χ1n) is 19.7. The molecule has 3 fully saturated rings. The van der Waals surface area contributed by atoms with Crippen molar-refractivity contribution in [1.82, 2.24) is 25.7 Å². The maximum atomic E-state index is 13.2. The van der Waals surface area contributed by atoms with Crippen LogP contribution in [-0.2, 0) is 29.2 Å². The summed E-state index contributed by atoms with van der Waals surface area (Å²) >= 11 is 0. The summed E-state index contributed by atoms with van der Waals surface area (Å²) in [7, 11) is 0. The second-order valence-corrected chi connectivity index (χ2v) is 14.9. The van der Waals surface area contributed by atoms with E-state index in [0.29, 0.717) is 39.6 Å². The number of benzene rings is 4. The summed E-state index contributed by atoms with van der Waals surface area (Å²) in [5.41, 5.74) is 3.85. The number of rotatable bonds is 15. The van der Waals surface area contributed by atoms with Gasteiger partial charge in [0.1, 0.15) is 36.5 Å². The van der Waals surface area contributed by atoms with E-state index in [-0.39, 0.29) is 49.2 Å². The van der Waals surface area contributed by atoms with Gasteiger partial charge in [-0.05, 0) is 90.5 Å². The number of aromatic amines is 1. The number of esters is 1. The third kappa shape index (κ3) is 9.63. The predicted molar refractivity (Wildman–Crippen MR) is 217 cm³/mol. The molecular formula is C45H45N5O9. The highest BCUT2D eigenvalue weighted by molar-refractivity contribution is 5.89. The van der Waals surface area contributed by atoms with Gasteiger partial charge in [0.15, 0.2) is 5.76 Å². The molecular weight excluding hydrogens is 755 g/mol. The highest BCUT2D eigenvalue weighted by Crippen LogP contribution is 2.31. The van der Waals surface area contributed by atoms with E-state index in [1.807, 2.05) is 54.6 Å². The Labute approximate surface area is 339 Å². The number of aliphatic hydroxyl groups excluding tert-OH is 1. The Morgan fingerprint density at radius 1 is 0.915 bits per heavy atom. The van der Waals surface area contributed by atoms with E-state index in [9.17, 15) is 24.6 Å². The minimum atomic E-state index is -0.935. The van der Waals surface area contributed by atoms with Crippen LogP contribution >= 0.6 is 0 Å². The minimum absolute atomic E-state index is 0.0832. The summed E-state index contributed by atoms with van der Waals surface area (Å²) in [6.45, 7) is 3.48. The first-order chi connectivity index (χ1) is 28.8. The summed E-state index contributed by atoms with van der Waals surface area (Å²) in [5, 5.41) is 31.6. The number of nitrogens with zero attached hydrogens (tertiary/aromatic N) is 2. The number of H-pyrrole nitrogens is 1. The van der Waals surface area contributed by atoms with E-state index in [4.69, 9.17) is 18.7 Å². The Hall–Kier alpha value is -6.48. The van der Waals surface area contributed by atoms with Crippen LogP contribution in [-0.4, -0.2) is 69.6 Å². The molecule has 59 heavy (non-hydrogen) atoms. The number of pyridine rings is 1. The van der Waals surface area contributed by atoms with Gasteiger partial charge in [0.2, 0.25) is 5.56 Å².